The van der Waals surface area contributed by atoms with Crippen LogP contribution in [0.5, 0.6) is 0 Å². The number of nitrogens with one attached hydrogen (secondary N) is 2. The number of sulfone groups is 1. The van der Waals surface area contributed by atoms with Crippen LogP contribution in [0.2, 0.25) is 0 Å². The number of anilines is 2. The van der Waals surface area contributed by atoms with Gasteiger partial charge in [-0.15, -0.1) is 0 Å². The zero-order valence-electron chi connectivity index (χ0n) is 14.0. The first-order chi connectivity index (χ1) is 12.0. The van der Waals surface area contributed by atoms with Gasteiger partial charge in [0.05, 0.1) is 29.8 Å². The van der Waals surface area contributed by atoms with Gasteiger partial charge in [0.15, 0.2) is 9.84 Å². The Hall–Kier alpha value is -2.20. The van der Waals surface area contributed by atoms with E-state index in [-0.39, 0.29) is 23.6 Å². The van der Waals surface area contributed by atoms with E-state index in [9.17, 15) is 8.42 Å². The second-order valence-corrected chi connectivity index (χ2v) is 8.70. The standard InChI is InChI=1S/C15H21N7O2S/c1-21(8-11-2-5-18-20-11)15-17-4-3-14(19-15)22-7-6-16-12-9-25(23,24)10-13(12)22/h2-5,12-13,16H,6-10H2,1H3,(H,18,20)/t12-,13+/m0/s1. The molecule has 2 saturated heterocycles. The van der Waals surface area contributed by atoms with Gasteiger partial charge >= 0.3 is 0 Å². The molecule has 2 atom stereocenters. The van der Waals surface area contributed by atoms with Crippen LogP contribution in [0.4, 0.5) is 11.8 Å². The molecule has 0 amide bonds. The summed E-state index contributed by atoms with van der Waals surface area (Å²) in [6.45, 7) is 2.10. The summed E-state index contributed by atoms with van der Waals surface area (Å²) < 4.78 is 24.0. The summed E-state index contributed by atoms with van der Waals surface area (Å²) in [6, 6.07) is 3.66. The summed E-state index contributed by atoms with van der Waals surface area (Å²) in [5, 5.41) is 10.2. The SMILES string of the molecule is CN(Cc1ccn[nH]1)c1nccc(N2CCN[C@H]3CS(=O)(=O)C[C@H]32)n1. The number of rotatable bonds is 4. The molecule has 25 heavy (non-hydrogen) atoms. The second kappa shape index (κ2) is 6.26. The molecule has 0 spiro atoms. The summed E-state index contributed by atoms with van der Waals surface area (Å²) in [4.78, 5) is 13.0. The molecular formula is C15H21N7O2S. The van der Waals surface area contributed by atoms with Crippen LogP contribution >= 0.6 is 0 Å². The molecule has 2 aliphatic heterocycles. The van der Waals surface area contributed by atoms with Crippen molar-refractivity contribution in [2.45, 2.75) is 18.6 Å². The molecule has 4 rings (SSSR count). The minimum absolute atomic E-state index is 0.0279. The molecule has 2 N–H and O–H groups in total. The fourth-order valence-electron chi connectivity index (χ4n) is 3.53. The van der Waals surface area contributed by atoms with Crippen molar-refractivity contribution in [1.82, 2.24) is 25.5 Å². The van der Waals surface area contributed by atoms with E-state index in [1.165, 1.54) is 0 Å². The Morgan fingerprint density at radius 3 is 3.00 bits per heavy atom. The van der Waals surface area contributed by atoms with Crippen molar-refractivity contribution >= 4 is 21.6 Å². The van der Waals surface area contributed by atoms with Crippen LogP contribution in [-0.2, 0) is 16.4 Å². The monoisotopic (exact) mass is 363 g/mol. The molecule has 0 bridgehead atoms. The molecule has 2 fully saturated rings. The Balaban J connectivity index is 1.56. The number of hydrogen-bond donors (Lipinski definition) is 2. The summed E-state index contributed by atoms with van der Waals surface area (Å²) >= 11 is 0. The molecule has 4 heterocycles. The molecule has 0 saturated carbocycles. The Morgan fingerprint density at radius 2 is 2.20 bits per heavy atom. The van der Waals surface area contributed by atoms with Gasteiger partial charge in [0.2, 0.25) is 5.95 Å². The second-order valence-electron chi connectivity index (χ2n) is 6.55. The van der Waals surface area contributed by atoms with Crippen molar-refractivity contribution in [2.24, 2.45) is 0 Å². The van der Waals surface area contributed by atoms with E-state index in [0.29, 0.717) is 12.5 Å². The van der Waals surface area contributed by atoms with Crippen LogP contribution in [0.15, 0.2) is 24.5 Å². The lowest BCUT2D eigenvalue weighted by atomic mass is 10.1. The van der Waals surface area contributed by atoms with E-state index in [0.717, 1.165) is 24.6 Å². The normalized spacial score (nSPS) is 24.9. The smallest absolute Gasteiger partial charge is 0.227 e. The van der Waals surface area contributed by atoms with Crippen molar-refractivity contribution in [3.05, 3.63) is 30.2 Å². The topological polar surface area (TPSA) is 107 Å². The average molecular weight is 363 g/mol. The zero-order valence-corrected chi connectivity index (χ0v) is 14.8. The van der Waals surface area contributed by atoms with Gasteiger partial charge in [-0.05, 0) is 12.1 Å². The van der Waals surface area contributed by atoms with Crippen molar-refractivity contribution in [1.29, 1.82) is 0 Å². The van der Waals surface area contributed by atoms with Gasteiger partial charge in [0, 0.05) is 38.6 Å². The molecule has 0 radical (unpaired) electrons. The van der Waals surface area contributed by atoms with Crippen molar-refractivity contribution in [3.63, 3.8) is 0 Å². The zero-order chi connectivity index (χ0) is 17.4. The number of hydrogen-bond acceptors (Lipinski definition) is 8. The quantitative estimate of drug-likeness (QED) is 0.742. The Bertz CT molecular complexity index is 839. The third-order valence-electron chi connectivity index (χ3n) is 4.71. The van der Waals surface area contributed by atoms with Crippen molar-refractivity contribution in [2.75, 3.05) is 41.4 Å². The minimum atomic E-state index is -3.00. The van der Waals surface area contributed by atoms with Gasteiger partial charge in [-0.25, -0.2) is 13.4 Å². The predicted molar refractivity (Wildman–Crippen MR) is 94.3 cm³/mol. The molecule has 2 aromatic rings. The Labute approximate surface area is 146 Å². The first-order valence-electron chi connectivity index (χ1n) is 8.25. The average Bonchev–Trinajstić information content (AvgIpc) is 3.20. The molecule has 134 valence electrons. The van der Waals surface area contributed by atoms with E-state index in [2.05, 4.69) is 30.4 Å². The van der Waals surface area contributed by atoms with E-state index in [1.807, 2.05) is 24.1 Å². The maximum absolute atomic E-state index is 12.0. The maximum atomic E-state index is 12.0. The number of nitrogens with zero attached hydrogens (tertiary/aromatic N) is 5. The highest BCUT2D eigenvalue weighted by Gasteiger charge is 2.43. The fourth-order valence-corrected chi connectivity index (χ4v) is 5.49. The number of aromatic nitrogens is 4. The third-order valence-corrected chi connectivity index (χ3v) is 6.43. The van der Waals surface area contributed by atoms with Crippen LogP contribution in [0, 0.1) is 0 Å². The number of H-pyrrole nitrogens is 1. The lowest BCUT2D eigenvalue weighted by Gasteiger charge is -2.38. The van der Waals surface area contributed by atoms with Gasteiger partial charge in [-0.1, -0.05) is 0 Å². The lowest BCUT2D eigenvalue weighted by Crippen LogP contribution is -2.57. The predicted octanol–water partition coefficient (Wildman–Crippen LogP) is -0.589. The number of fused-ring (bicyclic) bond motifs is 1. The molecular weight excluding hydrogens is 342 g/mol. The summed E-state index contributed by atoms with van der Waals surface area (Å²) in [5.41, 5.74) is 0.973. The molecule has 9 nitrogen and oxygen atoms in total. The molecule has 0 aliphatic carbocycles. The van der Waals surface area contributed by atoms with Gasteiger partial charge < -0.3 is 15.1 Å². The highest BCUT2D eigenvalue weighted by Crippen LogP contribution is 2.26. The van der Waals surface area contributed by atoms with E-state index in [4.69, 9.17) is 0 Å². The first-order valence-corrected chi connectivity index (χ1v) is 10.1. The molecule has 2 aromatic heterocycles. The third kappa shape index (κ3) is 3.31. The van der Waals surface area contributed by atoms with E-state index >= 15 is 0 Å². The van der Waals surface area contributed by atoms with E-state index < -0.39 is 9.84 Å². The number of piperazine rings is 1. The minimum Gasteiger partial charge on any atom is -0.350 e. The molecule has 2 aliphatic rings. The highest BCUT2D eigenvalue weighted by molar-refractivity contribution is 7.91. The van der Waals surface area contributed by atoms with Crippen LogP contribution < -0.4 is 15.1 Å². The lowest BCUT2D eigenvalue weighted by molar-refractivity contribution is 0.422. The van der Waals surface area contributed by atoms with E-state index in [1.54, 1.807) is 12.4 Å². The summed E-state index contributed by atoms with van der Waals surface area (Å²) in [7, 11) is -1.08. The Kier molecular flexibility index (Phi) is 4.08. The summed E-state index contributed by atoms with van der Waals surface area (Å²) in [6.07, 6.45) is 3.43. The first kappa shape index (κ1) is 16.3. The summed E-state index contributed by atoms with van der Waals surface area (Å²) in [5.74, 6) is 1.75. The molecule has 0 aromatic carbocycles. The molecule has 10 heteroatoms. The number of aromatic amines is 1. The molecule has 0 unspecified atom stereocenters. The maximum Gasteiger partial charge on any atom is 0.227 e. The van der Waals surface area contributed by atoms with Gasteiger partial charge in [-0.3, -0.25) is 5.10 Å². The van der Waals surface area contributed by atoms with Gasteiger partial charge in [0.1, 0.15) is 5.82 Å². The van der Waals surface area contributed by atoms with Crippen LogP contribution in [0.1, 0.15) is 5.69 Å². The van der Waals surface area contributed by atoms with Gasteiger partial charge in [0.25, 0.3) is 0 Å². The Morgan fingerprint density at radius 1 is 1.32 bits per heavy atom. The van der Waals surface area contributed by atoms with Crippen LogP contribution in [0.25, 0.3) is 0 Å². The van der Waals surface area contributed by atoms with Crippen molar-refractivity contribution in [3.8, 4) is 0 Å². The van der Waals surface area contributed by atoms with Gasteiger partial charge in [-0.2, -0.15) is 10.1 Å². The van der Waals surface area contributed by atoms with Crippen LogP contribution in [-0.4, -0.2) is 72.3 Å². The van der Waals surface area contributed by atoms with Crippen LogP contribution in [0.3, 0.4) is 0 Å². The van der Waals surface area contributed by atoms with Crippen molar-refractivity contribution < 1.29 is 8.42 Å². The highest BCUT2D eigenvalue weighted by atomic mass is 32.2. The fraction of sp³-hybridized carbons (Fsp3) is 0.533. The largest absolute Gasteiger partial charge is 0.350 e.